The predicted octanol–water partition coefficient (Wildman–Crippen LogP) is 0.851. The summed E-state index contributed by atoms with van der Waals surface area (Å²) in [7, 11) is 0. The SMILES string of the molecule is CCCCNC(=O)OC(C)O. The highest BCUT2D eigenvalue weighted by Gasteiger charge is 2.02. The Labute approximate surface area is 66.5 Å². The fourth-order valence-electron chi connectivity index (χ4n) is 0.564. The van der Waals surface area contributed by atoms with E-state index in [2.05, 4.69) is 10.1 Å². The monoisotopic (exact) mass is 161 g/mol. The van der Waals surface area contributed by atoms with Crippen molar-refractivity contribution in [3.63, 3.8) is 0 Å². The number of ether oxygens (including phenoxy) is 1. The molecular weight excluding hydrogens is 146 g/mol. The number of hydrogen-bond acceptors (Lipinski definition) is 3. The van der Waals surface area contributed by atoms with Crippen LogP contribution in [0, 0.1) is 0 Å². The number of nitrogens with one attached hydrogen (secondary N) is 1. The lowest BCUT2D eigenvalue weighted by Gasteiger charge is -2.07. The minimum absolute atomic E-state index is 0.562. The van der Waals surface area contributed by atoms with Crippen molar-refractivity contribution in [3.8, 4) is 0 Å². The number of amides is 1. The van der Waals surface area contributed by atoms with E-state index < -0.39 is 12.4 Å². The van der Waals surface area contributed by atoms with Crippen molar-refractivity contribution in [1.82, 2.24) is 5.32 Å². The van der Waals surface area contributed by atoms with Gasteiger partial charge >= 0.3 is 6.09 Å². The number of carbonyl (C=O) groups excluding carboxylic acids is 1. The summed E-state index contributed by atoms with van der Waals surface area (Å²) in [5.41, 5.74) is 0. The van der Waals surface area contributed by atoms with Crippen LogP contribution < -0.4 is 5.32 Å². The molecule has 0 aliphatic carbocycles. The van der Waals surface area contributed by atoms with Crippen LogP contribution >= 0.6 is 0 Å². The van der Waals surface area contributed by atoms with Crippen molar-refractivity contribution >= 4 is 6.09 Å². The van der Waals surface area contributed by atoms with Gasteiger partial charge in [0, 0.05) is 6.54 Å². The first kappa shape index (κ1) is 10.2. The van der Waals surface area contributed by atoms with Crippen LogP contribution in [0.3, 0.4) is 0 Å². The number of aliphatic hydroxyl groups excluding tert-OH is 1. The molecule has 0 radical (unpaired) electrons. The Kier molecular flexibility index (Phi) is 5.56. The van der Waals surface area contributed by atoms with Crippen LogP contribution in [0.15, 0.2) is 0 Å². The molecule has 0 aromatic heterocycles. The molecule has 1 unspecified atom stereocenters. The number of alkyl carbamates (subject to hydrolysis) is 1. The van der Waals surface area contributed by atoms with E-state index in [0.717, 1.165) is 12.8 Å². The largest absolute Gasteiger partial charge is 0.420 e. The number of rotatable bonds is 4. The van der Waals surface area contributed by atoms with Crippen LogP contribution in [0.5, 0.6) is 0 Å². The maximum atomic E-state index is 10.6. The molecule has 0 saturated carbocycles. The van der Waals surface area contributed by atoms with E-state index in [-0.39, 0.29) is 0 Å². The maximum absolute atomic E-state index is 10.6. The van der Waals surface area contributed by atoms with Crippen LogP contribution in [0.2, 0.25) is 0 Å². The second-order valence-electron chi connectivity index (χ2n) is 2.28. The fraction of sp³-hybridized carbons (Fsp3) is 0.857. The van der Waals surface area contributed by atoms with Crippen LogP contribution in [0.4, 0.5) is 4.79 Å². The third-order valence-electron chi connectivity index (χ3n) is 1.08. The molecule has 0 heterocycles. The average Bonchev–Trinajstić information content (AvgIpc) is 1.86. The Balaban J connectivity index is 3.23. The smallest absolute Gasteiger partial charge is 0.409 e. The number of aliphatic hydroxyl groups is 1. The fourth-order valence-corrected chi connectivity index (χ4v) is 0.564. The standard InChI is InChI=1S/C7H15NO3/c1-3-4-5-8-7(10)11-6(2)9/h6,9H,3-5H2,1-2H3,(H,8,10). The average molecular weight is 161 g/mol. The van der Waals surface area contributed by atoms with Crippen LogP contribution in [-0.2, 0) is 4.74 Å². The highest BCUT2D eigenvalue weighted by molar-refractivity contribution is 5.67. The number of hydrogen-bond donors (Lipinski definition) is 2. The minimum Gasteiger partial charge on any atom is -0.420 e. The van der Waals surface area contributed by atoms with Crippen LogP contribution in [-0.4, -0.2) is 24.0 Å². The Morgan fingerprint density at radius 3 is 2.82 bits per heavy atom. The van der Waals surface area contributed by atoms with Gasteiger partial charge in [0.05, 0.1) is 0 Å². The zero-order valence-electron chi connectivity index (χ0n) is 6.96. The Hall–Kier alpha value is -0.770. The summed E-state index contributed by atoms with van der Waals surface area (Å²) in [6.45, 7) is 4.02. The molecule has 0 bridgehead atoms. The number of unbranched alkanes of at least 4 members (excludes halogenated alkanes) is 1. The van der Waals surface area contributed by atoms with E-state index in [1.54, 1.807) is 0 Å². The molecule has 0 aromatic rings. The first-order valence-corrected chi connectivity index (χ1v) is 3.79. The molecule has 4 nitrogen and oxygen atoms in total. The van der Waals surface area contributed by atoms with Gasteiger partial charge in [-0.05, 0) is 13.3 Å². The van der Waals surface area contributed by atoms with E-state index in [4.69, 9.17) is 5.11 Å². The maximum Gasteiger partial charge on any atom is 0.409 e. The third kappa shape index (κ3) is 7.12. The lowest BCUT2D eigenvalue weighted by Crippen LogP contribution is -2.28. The molecule has 11 heavy (non-hydrogen) atoms. The summed E-state index contributed by atoms with van der Waals surface area (Å²) in [5, 5.41) is 11.1. The van der Waals surface area contributed by atoms with Crippen molar-refractivity contribution in [1.29, 1.82) is 0 Å². The molecule has 66 valence electrons. The molecule has 1 atom stereocenters. The second-order valence-corrected chi connectivity index (χ2v) is 2.28. The highest BCUT2D eigenvalue weighted by Crippen LogP contribution is 1.87. The minimum atomic E-state index is -1.03. The van der Waals surface area contributed by atoms with Crippen molar-refractivity contribution in [2.45, 2.75) is 33.0 Å². The molecule has 0 fully saturated rings. The molecule has 1 amide bonds. The summed E-state index contributed by atoms with van der Waals surface area (Å²) < 4.78 is 4.40. The number of carbonyl (C=O) groups is 1. The topological polar surface area (TPSA) is 58.6 Å². The molecule has 2 N–H and O–H groups in total. The Bertz CT molecular complexity index is 114. The second kappa shape index (κ2) is 5.97. The van der Waals surface area contributed by atoms with E-state index in [0.29, 0.717) is 6.54 Å². The van der Waals surface area contributed by atoms with Gasteiger partial charge in [-0.2, -0.15) is 0 Å². The predicted molar refractivity (Wildman–Crippen MR) is 41.1 cm³/mol. The summed E-state index contributed by atoms with van der Waals surface area (Å²) in [6.07, 6.45) is 0.356. The summed E-state index contributed by atoms with van der Waals surface area (Å²) in [6, 6.07) is 0. The van der Waals surface area contributed by atoms with Gasteiger partial charge in [-0.25, -0.2) is 4.79 Å². The highest BCUT2D eigenvalue weighted by atomic mass is 16.6. The van der Waals surface area contributed by atoms with Crippen molar-refractivity contribution in [2.24, 2.45) is 0 Å². The zero-order valence-corrected chi connectivity index (χ0v) is 6.96. The van der Waals surface area contributed by atoms with Gasteiger partial charge in [0.15, 0.2) is 6.29 Å². The third-order valence-corrected chi connectivity index (χ3v) is 1.08. The molecule has 4 heteroatoms. The quantitative estimate of drug-likeness (QED) is 0.474. The molecule has 0 saturated heterocycles. The van der Waals surface area contributed by atoms with E-state index >= 15 is 0 Å². The molecule has 0 rings (SSSR count). The zero-order chi connectivity index (χ0) is 8.69. The van der Waals surface area contributed by atoms with Gasteiger partial charge in [-0.1, -0.05) is 13.3 Å². The first-order chi connectivity index (χ1) is 5.16. The van der Waals surface area contributed by atoms with Crippen molar-refractivity contribution < 1.29 is 14.6 Å². The van der Waals surface area contributed by atoms with E-state index in [1.165, 1.54) is 6.92 Å². The Morgan fingerprint density at radius 1 is 1.73 bits per heavy atom. The molecule has 0 aliphatic heterocycles. The van der Waals surface area contributed by atoms with Gasteiger partial charge in [0.1, 0.15) is 0 Å². The lowest BCUT2D eigenvalue weighted by atomic mass is 10.3. The van der Waals surface area contributed by atoms with Gasteiger partial charge in [-0.15, -0.1) is 0 Å². The van der Waals surface area contributed by atoms with Crippen LogP contribution in [0.1, 0.15) is 26.7 Å². The normalized spacial score (nSPS) is 12.3. The summed E-state index contributed by atoms with van der Waals surface area (Å²) in [4.78, 5) is 10.6. The van der Waals surface area contributed by atoms with Crippen molar-refractivity contribution in [2.75, 3.05) is 6.54 Å². The molecular formula is C7H15NO3. The van der Waals surface area contributed by atoms with Crippen LogP contribution in [0.25, 0.3) is 0 Å². The van der Waals surface area contributed by atoms with E-state index in [1.807, 2.05) is 6.92 Å². The molecule has 0 aromatic carbocycles. The summed E-state index contributed by atoms with van der Waals surface area (Å²) in [5.74, 6) is 0. The van der Waals surface area contributed by atoms with Crippen molar-refractivity contribution in [3.05, 3.63) is 0 Å². The lowest BCUT2D eigenvalue weighted by molar-refractivity contribution is -0.0371. The molecule has 0 aliphatic rings. The summed E-state index contributed by atoms with van der Waals surface area (Å²) >= 11 is 0. The molecule has 0 spiro atoms. The van der Waals surface area contributed by atoms with Gasteiger partial charge in [0.2, 0.25) is 0 Å². The van der Waals surface area contributed by atoms with Gasteiger partial charge in [-0.3, -0.25) is 0 Å². The first-order valence-electron chi connectivity index (χ1n) is 3.79. The Morgan fingerprint density at radius 2 is 2.36 bits per heavy atom. The van der Waals surface area contributed by atoms with Gasteiger partial charge in [0.25, 0.3) is 0 Å². The van der Waals surface area contributed by atoms with Gasteiger partial charge < -0.3 is 15.2 Å². The van der Waals surface area contributed by atoms with E-state index in [9.17, 15) is 4.79 Å².